The van der Waals surface area contributed by atoms with Crippen LogP contribution < -0.4 is 15.5 Å². The molecule has 2 aliphatic heterocycles. The zero-order valence-corrected chi connectivity index (χ0v) is 19.1. The van der Waals surface area contributed by atoms with Gasteiger partial charge in [0.1, 0.15) is 11.9 Å². The van der Waals surface area contributed by atoms with Crippen molar-refractivity contribution in [3.8, 4) is 0 Å². The highest BCUT2D eigenvalue weighted by atomic mass is 35.5. The van der Waals surface area contributed by atoms with Crippen molar-refractivity contribution in [2.24, 2.45) is 5.92 Å². The Morgan fingerprint density at radius 2 is 1.85 bits per heavy atom. The molecule has 2 aliphatic rings. The summed E-state index contributed by atoms with van der Waals surface area (Å²) in [7, 11) is 0. The van der Waals surface area contributed by atoms with Crippen molar-refractivity contribution in [2.45, 2.75) is 38.6 Å². The lowest BCUT2D eigenvalue weighted by atomic mass is 10.1. The first-order chi connectivity index (χ1) is 15.8. The Labute approximate surface area is 196 Å². The number of carbonyl (C=O) groups excluding carboxylic acids is 3. The predicted molar refractivity (Wildman–Crippen MR) is 126 cm³/mol. The highest BCUT2D eigenvalue weighted by Crippen LogP contribution is 2.28. The van der Waals surface area contributed by atoms with Crippen molar-refractivity contribution < 1.29 is 18.8 Å². The van der Waals surface area contributed by atoms with Gasteiger partial charge in [-0.2, -0.15) is 0 Å². The number of nitrogens with zero attached hydrogens (tertiary/aromatic N) is 2. The number of carbonyl (C=O) groups is 3. The van der Waals surface area contributed by atoms with Crippen LogP contribution >= 0.6 is 11.6 Å². The molecule has 4 rings (SSSR count). The van der Waals surface area contributed by atoms with Crippen LogP contribution in [0.2, 0.25) is 5.02 Å². The number of rotatable bonds is 4. The second-order valence-corrected chi connectivity index (χ2v) is 9.04. The normalized spacial score (nSPS) is 20.6. The Balaban J connectivity index is 1.44. The molecule has 0 spiro atoms. The van der Waals surface area contributed by atoms with Crippen LogP contribution in [-0.2, 0) is 9.59 Å². The summed E-state index contributed by atoms with van der Waals surface area (Å²) in [6, 6.07) is 9.91. The summed E-state index contributed by atoms with van der Waals surface area (Å²) in [5, 5.41) is 5.94. The van der Waals surface area contributed by atoms with E-state index in [1.807, 2.05) is 6.92 Å². The monoisotopic (exact) mass is 472 g/mol. The quantitative estimate of drug-likeness (QED) is 0.665. The van der Waals surface area contributed by atoms with Gasteiger partial charge in [-0.1, -0.05) is 18.5 Å². The number of anilines is 3. The number of halogens is 2. The van der Waals surface area contributed by atoms with E-state index in [0.717, 1.165) is 12.8 Å². The molecule has 7 nitrogen and oxygen atoms in total. The van der Waals surface area contributed by atoms with Gasteiger partial charge < -0.3 is 20.4 Å². The van der Waals surface area contributed by atoms with Crippen LogP contribution in [0, 0.1) is 11.7 Å². The minimum atomic E-state index is -0.727. The van der Waals surface area contributed by atoms with E-state index in [2.05, 4.69) is 10.6 Å². The van der Waals surface area contributed by atoms with E-state index in [1.54, 1.807) is 35.2 Å². The summed E-state index contributed by atoms with van der Waals surface area (Å²) >= 11 is 5.88. The number of nitrogens with one attached hydrogen (secondary N) is 2. The molecule has 2 N–H and O–H groups in total. The van der Waals surface area contributed by atoms with Gasteiger partial charge in [-0.05, 0) is 67.6 Å². The van der Waals surface area contributed by atoms with E-state index < -0.39 is 23.8 Å². The van der Waals surface area contributed by atoms with E-state index in [9.17, 15) is 18.8 Å². The molecule has 2 atom stereocenters. The second kappa shape index (κ2) is 9.79. The summed E-state index contributed by atoms with van der Waals surface area (Å²) in [6.45, 7) is 2.93. The fourth-order valence-corrected chi connectivity index (χ4v) is 4.44. The van der Waals surface area contributed by atoms with Crippen LogP contribution in [-0.4, -0.2) is 41.9 Å². The van der Waals surface area contributed by atoms with Crippen LogP contribution in [0.25, 0.3) is 0 Å². The molecular formula is C24H26ClFN4O3. The van der Waals surface area contributed by atoms with Gasteiger partial charge in [0.05, 0.1) is 5.69 Å². The SMILES string of the molecule is CC1CC(C(=O)Nc2ccc(N3CCCCC3=O)cc2F)N(C(=O)Nc2ccc(Cl)cc2)C1. The summed E-state index contributed by atoms with van der Waals surface area (Å²) in [6.07, 6.45) is 2.64. The van der Waals surface area contributed by atoms with Crippen molar-refractivity contribution >= 4 is 46.5 Å². The molecule has 4 amide bonds. The van der Waals surface area contributed by atoms with Gasteiger partial charge in [0.2, 0.25) is 11.8 Å². The highest BCUT2D eigenvalue weighted by molar-refractivity contribution is 6.30. The van der Waals surface area contributed by atoms with Crippen molar-refractivity contribution in [2.75, 3.05) is 28.6 Å². The summed E-state index contributed by atoms with van der Waals surface area (Å²) in [5.41, 5.74) is 1.07. The van der Waals surface area contributed by atoms with E-state index in [1.165, 1.54) is 17.0 Å². The number of piperidine rings is 1. The lowest BCUT2D eigenvalue weighted by Crippen LogP contribution is -2.45. The molecular weight excluding hydrogens is 447 g/mol. The molecule has 2 unspecified atom stereocenters. The van der Waals surface area contributed by atoms with Crippen molar-refractivity contribution in [1.82, 2.24) is 4.90 Å². The molecule has 0 radical (unpaired) electrons. The van der Waals surface area contributed by atoms with Gasteiger partial charge in [-0.25, -0.2) is 9.18 Å². The first-order valence-electron chi connectivity index (χ1n) is 11.1. The topological polar surface area (TPSA) is 81.8 Å². The van der Waals surface area contributed by atoms with Gasteiger partial charge >= 0.3 is 6.03 Å². The fourth-order valence-electron chi connectivity index (χ4n) is 4.32. The van der Waals surface area contributed by atoms with E-state index in [4.69, 9.17) is 11.6 Å². The minimum Gasteiger partial charge on any atom is -0.322 e. The lowest BCUT2D eigenvalue weighted by Gasteiger charge is -2.27. The van der Waals surface area contributed by atoms with Crippen molar-refractivity contribution in [1.29, 1.82) is 0 Å². The maximum absolute atomic E-state index is 14.8. The van der Waals surface area contributed by atoms with Crippen LogP contribution in [0.5, 0.6) is 0 Å². The van der Waals surface area contributed by atoms with E-state index in [-0.39, 0.29) is 17.5 Å². The Hall–Kier alpha value is -3.13. The van der Waals surface area contributed by atoms with Gasteiger partial charge in [-0.15, -0.1) is 0 Å². The Morgan fingerprint density at radius 1 is 1.09 bits per heavy atom. The first-order valence-corrected chi connectivity index (χ1v) is 11.4. The third kappa shape index (κ3) is 5.27. The molecule has 2 heterocycles. The molecule has 0 aromatic heterocycles. The number of amides is 4. The van der Waals surface area contributed by atoms with Gasteiger partial charge in [-0.3, -0.25) is 9.59 Å². The van der Waals surface area contributed by atoms with Gasteiger partial charge in [0.15, 0.2) is 0 Å². The summed E-state index contributed by atoms with van der Waals surface area (Å²) in [4.78, 5) is 40.9. The number of urea groups is 1. The minimum absolute atomic E-state index is 0.0193. The van der Waals surface area contributed by atoms with Crippen LogP contribution in [0.15, 0.2) is 42.5 Å². The van der Waals surface area contributed by atoms with Crippen molar-refractivity contribution in [3.63, 3.8) is 0 Å². The average molecular weight is 473 g/mol. The molecule has 0 aliphatic carbocycles. The molecule has 0 bridgehead atoms. The Kier molecular flexibility index (Phi) is 6.83. The molecule has 2 aromatic rings. The zero-order chi connectivity index (χ0) is 23.5. The van der Waals surface area contributed by atoms with Crippen LogP contribution in [0.4, 0.5) is 26.2 Å². The number of hydrogen-bond acceptors (Lipinski definition) is 3. The van der Waals surface area contributed by atoms with Crippen LogP contribution in [0.1, 0.15) is 32.6 Å². The fraction of sp³-hybridized carbons (Fsp3) is 0.375. The molecule has 9 heteroatoms. The Bertz CT molecular complexity index is 1060. The van der Waals surface area contributed by atoms with E-state index >= 15 is 0 Å². The number of benzene rings is 2. The first kappa shape index (κ1) is 23.0. The molecule has 33 heavy (non-hydrogen) atoms. The van der Waals surface area contributed by atoms with Gasteiger partial charge in [0, 0.05) is 35.9 Å². The van der Waals surface area contributed by atoms with Crippen LogP contribution in [0.3, 0.4) is 0 Å². The smallest absolute Gasteiger partial charge is 0.322 e. The standard InChI is InChI=1S/C24H26ClFN4O3/c1-15-12-21(30(14-15)24(33)27-17-7-5-16(25)6-8-17)23(32)28-20-10-9-18(13-19(20)26)29-11-3-2-4-22(29)31/h5-10,13,15,21H,2-4,11-12,14H2,1H3,(H,27,33)(H,28,32). The molecule has 2 fully saturated rings. The predicted octanol–water partition coefficient (Wildman–Crippen LogP) is 4.88. The highest BCUT2D eigenvalue weighted by Gasteiger charge is 2.38. The average Bonchev–Trinajstić information content (AvgIpc) is 3.19. The largest absolute Gasteiger partial charge is 0.322 e. The molecule has 0 saturated carbocycles. The second-order valence-electron chi connectivity index (χ2n) is 8.60. The zero-order valence-electron chi connectivity index (χ0n) is 18.3. The maximum Gasteiger partial charge on any atom is 0.322 e. The molecule has 2 aromatic carbocycles. The third-order valence-corrected chi connectivity index (χ3v) is 6.27. The van der Waals surface area contributed by atoms with Gasteiger partial charge in [0.25, 0.3) is 0 Å². The Morgan fingerprint density at radius 3 is 2.55 bits per heavy atom. The molecule has 174 valence electrons. The van der Waals surface area contributed by atoms with E-state index in [0.29, 0.717) is 42.3 Å². The van der Waals surface area contributed by atoms with Crippen molar-refractivity contribution in [3.05, 3.63) is 53.3 Å². The lowest BCUT2D eigenvalue weighted by molar-refractivity contribution is -0.120. The summed E-state index contributed by atoms with van der Waals surface area (Å²) in [5.74, 6) is -0.984. The number of likely N-dealkylation sites (tertiary alicyclic amines) is 1. The maximum atomic E-state index is 14.8. The molecule has 2 saturated heterocycles. The third-order valence-electron chi connectivity index (χ3n) is 6.01. The summed E-state index contributed by atoms with van der Waals surface area (Å²) < 4.78 is 14.8. The number of hydrogen-bond donors (Lipinski definition) is 2.